The zero-order valence-corrected chi connectivity index (χ0v) is 13.8. The summed E-state index contributed by atoms with van der Waals surface area (Å²) in [5, 5.41) is 0.723. The van der Waals surface area contributed by atoms with E-state index in [9.17, 15) is 18.0 Å². The lowest BCUT2D eigenvalue weighted by atomic mass is 10.1. The van der Waals surface area contributed by atoms with Gasteiger partial charge in [-0.15, -0.1) is 0 Å². The van der Waals surface area contributed by atoms with E-state index in [4.69, 9.17) is 0 Å². The van der Waals surface area contributed by atoms with Gasteiger partial charge in [0.1, 0.15) is 0 Å². The van der Waals surface area contributed by atoms with Crippen LogP contribution in [0.1, 0.15) is 16.8 Å². The summed E-state index contributed by atoms with van der Waals surface area (Å²) >= 11 is 0. The van der Waals surface area contributed by atoms with Crippen LogP contribution in [0.25, 0.3) is 10.9 Å². The quantitative estimate of drug-likeness (QED) is 0.620. The van der Waals surface area contributed by atoms with E-state index in [1.165, 1.54) is 11.9 Å². The van der Waals surface area contributed by atoms with Crippen molar-refractivity contribution in [2.24, 2.45) is 7.05 Å². The normalized spacial score (nSPS) is 19.8. The van der Waals surface area contributed by atoms with Gasteiger partial charge in [0.2, 0.25) is 0 Å². The monoisotopic (exact) mass is 334 g/mol. The van der Waals surface area contributed by atoms with E-state index in [2.05, 4.69) is 0 Å². The van der Waals surface area contributed by atoms with Crippen LogP contribution in [0.5, 0.6) is 0 Å². The minimum atomic E-state index is -3.10. The smallest absolute Gasteiger partial charge is 0.295 e. The first kappa shape index (κ1) is 15.7. The molecule has 0 aliphatic carbocycles. The Morgan fingerprint density at radius 2 is 1.96 bits per heavy atom. The summed E-state index contributed by atoms with van der Waals surface area (Å²) in [4.78, 5) is 26.3. The maximum atomic E-state index is 12.6. The number of hydrogen-bond donors (Lipinski definition) is 0. The highest BCUT2D eigenvalue weighted by Crippen LogP contribution is 2.23. The van der Waals surface area contributed by atoms with Crippen LogP contribution in [-0.2, 0) is 21.7 Å². The van der Waals surface area contributed by atoms with Gasteiger partial charge in [0.25, 0.3) is 11.7 Å². The number of para-hydroxylation sites is 1. The van der Waals surface area contributed by atoms with Crippen molar-refractivity contribution in [1.82, 2.24) is 9.47 Å². The van der Waals surface area contributed by atoms with Crippen LogP contribution in [0.4, 0.5) is 0 Å². The van der Waals surface area contributed by atoms with E-state index in [1.54, 1.807) is 16.8 Å². The molecule has 0 N–H and O–H groups in total. The number of amides is 1. The van der Waals surface area contributed by atoms with Gasteiger partial charge in [0.05, 0.1) is 17.1 Å². The molecule has 2 heterocycles. The highest BCUT2D eigenvalue weighted by molar-refractivity contribution is 7.91. The van der Waals surface area contributed by atoms with E-state index >= 15 is 0 Å². The third-order valence-corrected chi connectivity index (χ3v) is 6.16. The first-order valence-corrected chi connectivity index (χ1v) is 9.18. The Morgan fingerprint density at radius 1 is 1.26 bits per heavy atom. The molecule has 1 atom stereocenters. The molecule has 23 heavy (non-hydrogen) atoms. The molecule has 1 aromatic heterocycles. The maximum Gasteiger partial charge on any atom is 0.295 e. The van der Waals surface area contributed by atoms with Crippen molar-refractivity contribution < 1.29 is 18.0 Å². The van der Waals surface area contributed by atoms with Gasteiger partial charge in [-0.2, -0.15) is 0 Å². The number of Topliss-reactive ketones (excluding diaryl/α,β-unsaturated/α-hetero) is 1. The molecule has 1 unspecified atom stereocenters. The molecule has 0 radical (unpaired) electrons. The van der Waals surface area contributed by atoms with Gasteiger partial charge >= 0.3 is 0 Å². The Hall–Kier alpha value is -2.15. The van der Waals surface area contributed by atoms with Gasteiger partial charge in [-0.25, -0.2) is 8.42 Å². The summed E-state index contributed by atoms with van der Waals surface area (Å²) < 4.78 is 24.9. The van der Waals surface area contributed by atoms with Gasteiger partial charge in [-0.1, -0.05) is 18.2 Å². The molecule has 0 saturated carbocycles. The van der Waals surface area contributed by atoms with Crippen molar-refractivity contribution in [2.75, 3.05) is 18.6 Å². The number of ketones is 1. The lowest BCUT2D eigenvalue weighted by molar-refractivity contribution is -0.126. The average Bonchev–Trinajstić information content (AvgIpc) is 3.06. The van der Waals surface area contributed by atoms with Gasteiger partial charge in [0, 0.05) is 37.2 Å². The first-order chi connectivity index (χ1) is 10.8. The summed E-state index contributed by atoms with van der Waals surface area (Å²) in [6, 6.07) is 6.94. The number of fused-ring (bicyclic) bond motifs is 1. The summed E-state index contributed by atoms with van der Waals surface area (Å²) in [5.41, 5.74) is 1.22. The number of likely N-dealkylation sites (N-methyl/N-ethyl adjacent to an activating group) is 1. The number of hydrogen-bond acceptors (Lipinski definition) is 4. The fraction of sp³-hybridized carbons (Fsp3) is 0.375. The molecule has 0 spiro atoms. The molecule has 6 nitrogen and oxygen atoms in total. The molecule has 0 bridgehead atoms. The minimum absolute atomic E-state index is 0.0672. The van der Waals surface area contributed by atoms with Crippen molar-refractivity contribution in [1.29, 1.82) is 0 Å². The SMILES string of the molecule is CN(C(=O)C(=O)c1cn(C)c2ccccc12)C1CCS(=O)(=O)C1. The molecular weight excluding hydrogens is 316 g/mol. The van der Waals surface area contributed by atoms with Crippen molar-refractivity contribution in [3.05, 3.63) is 36.0 Å². The number of sulfone groups is 1. The van der Waals surface area contributed by atoms with Crippen molar-refractivity contribution in [2.45, 2.75) is 12.5 Å². The van der Waals surface area contributed by atoms with Crippen molar-refractivity contribution in [3.8, 4) is 0 Å². The summed E-state index contributed by atoms with van der Waals surface area (Å²) in [5.74, 6) is -1.27. The Balaban J connectivity index is 1.89. The molecule has 1 aliphatic rings. The highest BCUT2D eigenvalue weighted by atomic mass is 32.2. The van der Waals surface area contributed by atoms with E-state index in [-0.39, 0.29) is 11.5 Å². The Bertz CT molecular complexity index is 898. The fourth-order valence-corrected chi connectivity index (χ4v) is 4.82. The van der Waals surface area contributed by atoms with Crippen LogP contribution in [0.2, 0.25) is 0 Å². The predicted octanol–water partition coefficient (Wildman–Crippen LogP) is 1.01. The molecule has 1 saturated heterocycles. The maximum absolute atomic E-state index is 12.6. The summed E-state index contributed by atoms with van der Waals surface area (Å²) in [6.07, 6.45) is 2.03. The van der Waals surface area contributed by atoms with Gasteiger partial charge in [-0.05, 0) is 12.5 Å². The van der Waals surface area contributed by atoms with Crippen LogP contribution in [-0.4, -0.2) is 54.2 Å². The second-order valence-electron chi connectivity index (χ2n) is 5.97. The number of aryl methyl sites for hydroxylation is 1. The van der Waals surface area contributed by atoms with Crippen LogP contribution in [0.3, 0.4) is 0 Å². The zero-order chi connectivity index (χ0) is 16.8. The second kappa shape index (κ2) is 5.49. The number of rotatable bonds is 3. The lowest BCUT2D eigenvalue weighted by Crippen LogP contribution is -2.41. The van der Waals surface area contributed by atoms with Gasteiger partial charge < -0.3 is 9.47 Å². The van der Waals surface area contributed by atoms with Crippen molar-refractivity contribution in [3.63, 3.8) is 0 Å². The molecule has 3 rings (SSSR count). The lowest BCUT2D eigenvalue weighted by Gasteiger charge is -2.22. The Morgan fingerprint density at radius 3 is 2.61 bits per heavy atom. The van der Waals surface area contributed by atoms with E-state index in [0.29, 0.717) is 12.0 Å². The average molecular weight is 334 g/mol. The number of aromatic nitrogens is 1. The summed E-state index contributed by atoms with van der Waals surface area (Å²) in [7, 11) is 0.209. The number of carbonyl (C=O) groups is 2. The zero-order valence-electron chi connectivity index (χ0n) is 13.0. The third kappa shape index (κ3) is 2.76. The molecule has 1 aliphatic heterocycles. The van der Waals surface area contributed by atoms with Crippen LogP contribution >= 0.6 is 0 Å². The molecule has 7 heteroatoms. The number of carbonyl (C=O) groups excluding carboxylic acids is 2. The fourth-order valence-electron chi connectivity index (χ4n) is 3.04. The van der Waals surface area contributed by atoms with Crippen LogP contribution < -0.4 is 0 Å². The molecule has 1 fully saturated rings. The molecular formula is C16H18N2O4S. The van der Waals surface area contributed by atoms with E-state index in [0.717, 1.165) is 10.9 Å². The Kier molecular flexibility index (Phi) is 3.75. The second-order valence-corrected chi connectivity index (χ2v) is 8.20. The largest absolute Gasteiger partial charge is 0.350 e. The topological polar surface area (TPSA) is 76.5 Å². The molecule has 1 amide bonds. The van der Waals surface area contributed by atoms with E-state index < -0.39 is 27.6 Å². The third-order valence-electron chi connectivity index (χ3n) is 4.41. The van der Waals surface area contributed by atoms with Crippen molar-refractivity contribution >= 4 is 32.4 Å². The number of benzene rings is 1. The standard InChI is InChI=1S/C16H18N2O4S/c1-17-9-13(12-5-3-4-6-14(12)17)15(19)16(20)18(2)11-7-8-23(21,22)10-11/h3-6,9,11H,7-8,10H2,1-2H3. The van der Waals surface area contributed by atoms with Gasteiger partial charge in [0.15, 0.2) is 9.84 Å². The molecule has 1 aromatic carbocycles. The van der Waals surface area contributed by atoms with Gasteiger partial charge in [-0.3, -0.25) is 9.59 Å². The Labute approximate surface area is 134 Å². The van der Waals surface area contributed by atoms with Crippen LogP contribution in [0, 0.1) is 0 Å². The minimum Gasteiger partial charge on any atom is -0.350 e. The number of nitrogens with zero attached hydrogens (tertiary/aromatic N) is 2. The van der Waals surface area contributed by atoms with E-state index in [1.807, 2.05) is 25.2 Å². The molecule has 122 valence electrons. The highest BCUT2D eigenvalue weighted by Gasteiger charge is 2.35. The molecule has 2 aromatic rings. The predicted molar refractivity (Wildman–Crippen MR) is 87.1 cm³/mol. The van der Waals surface area contributed by atoms with Crippen LogP contribution in [0.15, 0.2) is 30.5 Å². The summed E-state index contributed by atoms with van der Waals surface area (Å²) in [6.45, 7) is 0. The first-order valence-electron chi connectivity index (χ1n) is 7.36.